The zero-order chi connectivity index (χ0) is 15.7. The molecule has 3 rings (SSSR count). The predicted molar refractivity (Wildman–Crippen MR) is 87.0 cm³/mol. The van der Waals surface area contributed by atoms with Crippen molar-refractivity contribution in [2.75, 3.05) is 11.4 Å². The maximum Gasteiger partial charge on any atom is 0.227 e. The van der Waals surface area contributed by atoms with Gasteiger partial charge in [0, 0.05) is 29.7 Å². The van der Waals surface area contributed by atoms with E-state index in [1.807, 2.05) is 19.1 Å². The molecule has 1 aromatic rings. The van der Waals surface area contributed by atoms with Gasteiger partial charge in [-0.2, -0.15) is 0 Å². The second-order valence-corrected chi connectivity index (χ2v) is 6.74. The number of rotatable bonds is 3. The standard InChI is InChI=1S/C17H21ClN2O2/c1-11-6-7-14(9-15(11)18)20-10-12(8-16(20)21)17(22)19-13-4-2-3-5-13/h6-7,9,12-13H,2-5,8,10H2,1H3,(H,19,22)/t12-/m0/s1. The molecule has 1 atom stereocenters. The first-order chi connectivity index (χ1) is 10.5. The molecule has 5 heteroatoms. The summed E-state index contributed by atoms with van der Waals surface area (Å²) in [7, 11) is 0. The fraction of sp³-hybridized carbons (Fsp3) is 0.529. The Bertz CT molecular complexity index is 596. The lowest BCUT2D eigenvalue weighted by Crippen LogP contribution is -2.38. The molecule has 2 fully saturated rings. The summed E-state index contributed by atoms with van der Waals surface area (Å²) < 4.78 is 0. The van der Waals surface area contributed by atoms with Crippen LogP contribution in [0.1, 0.15) is 37.7 Å². The summed E-state index contributed by atoms with van der Waals surface area (Å²) in [5.41, 5.74) is 1.75. The van der Waals surface area contributed by atoms with Gasteiger partial charge < -0.3 is 10.2 Å². The first-order valence-corrected chi connectivity index (χ1v) is 8.29. The largest absolute Gasteiger partial charge is 0.353 e. The van der Waals surface area contributed by atoms with Crippen molar-refractivity contribution in [3.8, 4) is 0 Å². The molecule has 1 heterocycles. The Morgan fingerprint density at radius 3 is 2.73 bits per heavy atom. The molecule has 2 aliphatic rings. The molecule has 4 nitrogen and oxygen atoms in total. The van der Waals surface area contributed by atoms with Gasteiger partial charge in [0.05, 0.1) is 5.92 Å². The van der Waals surface area contributed by atoms with Crippen LogP contribution in [-0.2, 0) is 9.59 Å². The summed E-state index contributed by atoms with van der Waals surface area (Å²) in [6.45, 7) is 2.37. The average Bonchev–Trinajstić information content (AvgIpc) is 3.11. The van der Waals surface area contributed by atoms with Crippen molar-refractivity contribution in [3.05, 3.63) is 28.8 Å². The molecule has 1 aliphatic carbocycles. The fourth-order valence-electron chi connectivity index (χ4n) is 3.27. The minimum Gasteiger partial charge on any atom is -0.353 e. The van der Waals surface area contributed by atoms with Crippen molar-refractivity contribution in [3.63, 3.8) is 0 Å². The monoisotopic (exact) mass is 320 g/mol. The predicted octanol–water partition coefficient (Wildman–Crippen LogP) is 3.06. The van der Waals surface area contributed by atoms with E-state index in [2.05, 4.69) is 5.32 Å². The summed E-state index contributed by atoms with van der Waals surface area (Å²) in [6, 6.07) is 5.88. The quantitative estimate of drug-likeness (QED) is 0.930. The number of aryl methyl sites for hydroxylation is 1. The van der Waals surface area contributed by atoms with Gasteiger partial charge >= 0.3 is 0 Å². The van der Waals surface area contributed by atoms with Gasteiger partial charge in [-0.25, -0.2) is 0 Å². The SMILES string of the molecule is Cc1ccc(N2C[C@@H](C(=O)NC3CCCC3)CC2=O)cc1Cl. The Morgan fingerprint density at radius 2 is 2.05 bits per heavy atom. The number of hydrogen-bond donors (Lipinski definition) is 1. The molecule has 0 radical (unpaired) electrons. The van der Waals surface area contributed by atoms with E-state index >= 15 is 0 Å². The van der Waals surface area contributed by atoms with Gasteiger partial charge in [-0.05, 0) is 37.5 Å². The molecule has 0 unspecified atom stereocenters. The molecular formula is C17H21ClN2O2. The number of amides is 2. The molecule has 0 spiro atoms. The molecule has 1 saturated heterocycles. The van der Waals surface area contributed by atoms with E-state index < -0.39 is 0 Å². The summed E-state index contributed by atoms with van der Waals surface area (Å²) in [6.07, 6.45) is 4.77. The van der Waals surface area contributed by atoms with Crippen molar-refractivity contribution in [1.29, 1.82) is 0 Å². The molecule has 1 aromatic carbocycles. The van der Waals surface area contributed by atoms with Gasteiger partial charge in [-0.3, -0.25) is 9.59 Å². The Labute approximate surface area is 135 Å². The Hall–Kier alpha value is -1.55. The highest BCUT2D eigenvalue weighted by molar-refractivity contribution is 6.31. The van der Waals surface area contributed by atoms with Gasteiger partial charge in [0.1, 0.15) is 0 Å². The van der Waals surface area contributed by atoms with Crippen molar-refractivity contribution >= 4 is 29.1 Å². The van der Waals surface area contributed by atoms with Crippen molar-refractivity contribution < 1.29 is 9.59 Å². The maximum atomic E-state index is 12.3. The Kier molecular flexibility index (Phi) is 4.39. The minimum atomic E-state index is -0.256. The van der Waals surface area contributed by atoms with Gasteiger partial charge in [-0.15, -0.1) is 0 Å². The number of carbonyl (C=O) groups is 2. The van der Waals surface area contributed by atoms with Crippen molar-refractivity contribution in [2.45, 2.75) is 45.1 Å². The first kappa shape index (κ1) is 15.3. The van der Waals surface area contributed by atoms with Gasteiger partial charge in [0.2, 0.25) is 11.8 Å². The van der Waals surface area contributed by atoms with Crippen LogP contribution in [0.15, 0.2) is 18.2 Å². The number of hydrogen-bond acceptors (Lipinski definition) is 2. The van der Waals surface area contributed by atoms with E-state index in [1.165, 1.54) is 12.8 Å². The third-order valence-corrected chi connectivity index (χ3v) is 5.07. The number of benzene rings is 1. The van der Waals surface area contributed by atoms with Crippen LogP contribution in [0.25, 0.3) is 0 Å². The maximum absolute atomic E-state index is 12.3. The normalized spacial score (nSPS) is 22.4. The lowest BCUT2D eigenvalue weighted by molar-refractivity contribution is -0.126. The number of nitrogens with one attached hydrogen (secondary N) is 1. The van der Waals surface area contributed by atoms with Crippen LogP contribution < -0.4 is 10.2 Å². The van der Waals surface area contributed by atoms with Crippen LogP contribution in [0.5, 0.6) is 0 Å². The first-order valence-electron chi connectivity index (χ1n) is 7.91. The number of nitrogens with zero attached hydrogens (tertiary/aromatic N) is 1. The lowest BCUT2D eigenvalue weighted by atomic mass is 10.1. The summed E-state index contributed by atoms with van der Waals surface area (Å²) >= 11 is 6.14. The third kappa shape index (κ3) is 3.12. The molecule has 1 N–H and O–H groups in total. The molecule has 2 amide bonds. The van der Waals surface area contributed by atoms with Crippen LogP contribution in [0.3, 0.4) is 0 Å². The zero-order valence-corrected chi connectivity index (χ0v) is 13.5. The van der Waals surface area contributed by atoms with Gasteiger partial charge in [-0.1, -0.05) is 30.5 Å². The zero-order valence-electron chi connectivity index (χ0n) is 12.8. The Balaban J connectivity index is 1.67. The van der Waals surface area contributed by atoms with Gasteiger partial charge in [0.25, 0.3) is 0 Å². The van der Waals surface area contributed by atoms with Crippen molar-refractivity contribution in [2.24, 2.45) is 5.92 Å². The van der Waals surface area contributed by atoms with E-state index in [1.54, 1.807) is 11.0 Å². The molecule has 0 bridgehead atoms. The average molecular weight is 321 g/mol. The summed E-state index contributed by atoms with van der Waals surface area (Å²) in [4.78, 5) is 26.2. The molecule has 118 valence electrons. The topological polar surface area (TPSA) is 49.4 Å². The Morgan fingerprint density at radius 1 is 1.32 bits per heavy atom. The molecule has 1 aliphatic heterocycles. The van der Waals surface area contributed by atoms with Crippen LogP contribution in [-0.4, -0.2) is 24.4 Å². The van der Waals surface area contributed by atoms with Crippen LogP contribution in [0.4, 0.5) is 5.69 Å². The molecule has 0 aromatic heterocycles. The summed E-state index contributed by atoms with van der Waals surface area (Å²) in [5, 5.41) is 3.73. The van der Waals surface area contributed by atoms with E-state index in [4.69, 9.17) is 11.6 Å². The number of anilines is 1. The molecule has 22 heavy (non-hydrogen) atoms. The van der Waals surface area contributed by atoms with E-state index in [0.717, 1.165) is 24.1 Å². The van der Waals surface area contributed by atoms with Crippen LogP contribution in [0, 0.1) is 12.8 Å². The highest BCUT2D eigenvalue weighted by Crippen LogP contribution is 2.29. The number of carbonyl (C=O) groups excluding carboxylic acids is 2. The van der Waals surface area contributed by atoms with Crippen molar-refractivity contribution in [1.82, 2.24) is 5.32 Å². The van der Waals surface area contributed by atoms with E-state index in [0.29, 0.717) is 17.6 Å². The van der Waals surface area contributed by atoms with E-state index in [-0.39, 0.29) is 24.2 Å². The fourth-order valence-corrected chi connectivity index (χ4v) is 3.45. The van der Waals surface area contributed by atoms with Crippen LogP contribution >= 0.6 is 11.6 Å². The highest BCUT2D eigenvalue weighted by atomic mass is 35.5. The van der Waals surface area contributed by atoms with Gasteiger partial charge in [0.15, 0.2) is 0 Å². The van der Waals surface area contributed by atoms with Crippen LogP contribution in [0.2, 0.25) is 5.02 Å². The lowest BCUT2D eigenvalue weighted by Gasteiger charge is -2.18. The highest BCUT2D eigenvalue weighted by Gasteiger charge is 2.36. The smallest absolute Gasteiger partial charge is 0.227 e. The molecular weight excluding hydrogens is 300 g/mol. The number of halogens is 1. The van der Waals surface area contributed by atoms with E-state index in [9.17, 15) is 9.59 Å². The second kappa shape index (κ2) is 6.29. The molecule has 1 saturated carbocycles. The summed E-state index contributed by atoms with van der Waals surface area (Å²) in [5.74, 6) is -0.249. The minimum absolute atomic E-state index is 0.00788. The third-order valence-electron chi connectivity index (χ3n) is 4.66. The second-order valence-electron chi connectivity index (χ2n) is 6.33.